The van der Waals surface area contributed by atoms with Crippen LogP contribution in [-0.4, -0.2) is 37.3 Å². The highest BCUT2D eigenvalue weighted by Gasteiger charge is 2.39. The van der Waals surface area contributed by atoms with Crippen LogP contribution in [0.25, 0.3) is 0 Å². The first-order valence-corrected chi connectivity index (χ1v) is 14.2. The molecule has 0 saturated heterocycles. The first kappa shape index (κ1) is 30.1. The summed E-state index contributed by atoms with van der Waals surface area (Å²) in [5.74, 6) is 1.63. The van der Waals surface area contributed by atoms with Gasteiger partial charge in [0, 0.05) is 41.4 Å². The molecule has 0 aromatic heterocycles. The number of nitrogens with zero attached hydrogens (tertiary/aromatic N) is 1. The van der Waals surface area contributed by atoms with Gasteiger partial charge >= 0.3 is 0 Å². The van der Waals surface area contributed by atoms with Gasteiger partial charge in [0.2, 0.25) is 0 Å². The Bertz CT molecular complexity index is 904. The molecule has 6 nitrogen and oxygen atoms in total. The first-order chi connectivity index (χ1) is 17.4. The summed E-state index contributed by atoms with van der Waals surface area (Å²) in [5.41, 5.74) is 2.04. The number of rotatable bonds is 18. The molecule has 0 N–H and O–H groups in total. The molecule has 2 aromatic carbocycles. The predicted molar refractivity (Wildman–Crippen MR) is 148 cm³/mol. The summed E-state index contributed by atoms with van der Waals surface area (Å²) in [6.07, 6.45) is 6.86. The van der Waals surface area contributed by atoms with Crippen LogP contribution in [0.3, 0.4) is 0 Å². The molecule has 0 atom stereocenters. The topological polar surface area (TPSA) is 70.8 Å². The van der Waals surface area contributed by atoms with Crippen LogP contribution in [0.15, 0.2) is 47.4 Å². The zero-order valence-electron chi connectivity index (χ0n) is 22.6. The van der Waals surface area contributed by atoms with Crippen LogP contribution < -0.4 is 4.74 Å². The molecule has 200 valence electrons. The summed E-state index contributed by atoms with van der Waals surface area (Å²) >= 11 is 1.77. The van der Waals surface area contributed by atoms with Crippen molar-refractivity contribution in [2.24, 2.45) is 5.41 Å². The number of non-ortho nitro benzene ring substituents is 1. The number of thioether (sulfide) groups is 1. The number of benzene rings is 2. The van der Waals surface area contributed by atoms with Gasteiger partial charge < -0.3 is 14.2 Å². The second-order valence-corrected chi connectivity index (χ2v) is 10.2. The van der Waals surface area contributed by atoms with Gasteiger partial charge in [-0.2, -0.15) is 0 Å². The van der Waals surface area contributed by atoms with Gasteiger partial charge in [0.15, 0.2) is 6.29 Å². The SMILES string of the molecule is CCCCC(CCCC)(CSc1ccc([N+](=O)[O-])cc1Cc1ccc(OC)cc1)C(OCC)OCC. The Balaban J connectivity index is 2.41. The number of nitro groups is 1. The zero-order chi connectivity index (χ0) is 26.4. The minimum Gasteiger partial charge on any atom is -0.497 e. The molecule has 0 heterocycles. The quantitative estimate of drug-likeness (QED) is 0.0862. The van der Waals surface area contributed by atoms with Crippen molar-refractivity contribution in [3.63, 3.8) is 0 Å². The molecule has 36 heavy (non-hydrogen) atoms. The Kier molecular flexibility index (Phi) is 13.3. The van der Waals surface area contributed by atoms with E-state index in [1.165, 1.54) is 0 Å². The smallest absolute Gasteiger partial charge is 0.269 e. The summed E-state index contributed by atoms with van der Waals surface area (Å²) < 4.78 is 17.7. The van der Waals surface area contributed by atoms with Crippen LogP contribution >= 0.6 is 11.8 Å². The molecule has 0 fully saturated rings. The van der Waals surface area contributed by atoms with E-state index in [0.717, 1.165) is 66.0 Å². The number of ether oxygens (including phenoxy) is 3. The lowest BCUT2D eigenvalue weighted by Gasteiger charge is -2.40. The van der Waals surface area contributed by atoms with E-state index in [9.17, 15) is 10.1 Å². The molecular weight excluding hydrogens is 474 g/mol. The minimum atomic E-state index is -0.320. The zero-order valence-corrected chi connectivity index (χ0v) is 23.4. The Morgan fingerprint density at radius 2 is 1.56 bits per heavy atom. The molecule has 0 saturated carbocycles. The molecule has 0 amide bonds. The molecular formula is C29H43NO5S. The molecule has 0 bridgehead atoms. The molecule has 0 aliphatic rings. The van der Waals surface area contributed by atoms with Gasteiger partial charge in [-0.05, 0) is 62.4 Å². The molecule has 2 aromatic rings. The fourth-order valence-corrected chi connectivity index (χ4v) is 5.83. The molecule has 0 unspecified atom stereocenters. The Labute approximate surface area is 221 Å². The number of unbranched alkanes of at least 4 members (excludes halogenated alkanes) is 2. The highest BCUT2D eigenvalue weighted by Crippen LogP contribution is 2.43. The van der Waals surface area contributed by atoms with Crippen molar-refractivity contribution in [1.29, 1.82) is 0 Å². The average Bonchev–Trinajstić information content (AvgIpc) is 2.89. The van der Waals surface area contributed by atoms with Crippen LogP contribution in [0.2, 0.25) is 0 Å². The first-order valence-electron chi connectivity index (χ1n) is 13.2. The van der Waals surface area contributed by atoms with E-state index in [1.54, 1.807) is 31.0 Å². The van der Waals surface area contributed by atoms with E-state index >= 15 is 0 Å². The second-order valence-electron chi connectivity index (χ2n) is 9.17. The average molecular weight is 518 g/mol. The number of hydrogen-bond donors (Lipinski definition) is 0. The van der Waals surface area contributed by atoms with E-state index in [-0.39, 0.29) is 22.3 Å². The molecule has 0 radical (unpaired) electrons. The van der Waals surface area contributed by atoms with E-state index < -0.39 is 0 Å². The maximum absolute atomic E-state index is 11.5. The van der Waals surface area contributed by atoms with E-state index in [1.807, 2.05) is 44.2 Å². The van der Waals surface area contributed by atoms with E-state index in [4.69, 9.17) is 14.2 Å². The Hall–Kier alpha value is -2.09. The fourth-order valence-electron chi connectivity index (χ4n) is 4.48. The normalized spacial score (nSPS) is 11.7. The van der Waals surface area contributed by atoms with Gasteiger partial charge in [0.05, 0.1) is 12.0 Å². The third-order valence-electron chi connectivity index (χ3n) is 6.52. The predicted octanol–water partition coefficient (Wildman–Crippen LogP) is 8.05. The van der Waals surface area contributed by atoms with Gasteiger partial charge in [0.1, 0.15) is 5.75 Å². The van der Waals surface area contributed by atoms with Crippen LogP contribution in [0.4, 0.5) is 5.69 Å². The van der Waals surface area contributed by atoms with Crippen LogP contribution in [0, 0.1) is 15.5 Å². The minimum absolute atomic E-state index is 0.118. The fraction of sp³-hybridized carbons (Fsp3) is 0.586. The molecule has 2 rings (SSSR count). The van der Waals surface area contributed by atoms with Gasteiger partial charge in [-0.15, -0.1) is 11.8 Å². The molecule has 0 aliphatic carbocycles. The van der Waals surface area contributed by atoms with E-state index in [2.05, 4.69) is 13.8 Å². The molecule has 7 heteroatoms. The maximum atomic E-state index is 11.5. The third kappa shape index (κ3) is 8.79. The van der Waals surface area contributed by atoms with Crippen molar-refractivity contribution in [3.8, 4) is 5.75 Å². The lowest BCUT2D eigenvalue weighted by molar-refractivity contribution is -0.385. The maximum Gasteiger partial charge on any atom is 0.269 e. The van der Waals surface area contributed by atoms with Crippen molar-refractivity contribution in [1.82, 2.24) is 0 Å². The summed E-state index contributed by atoms with van der Waals surface area (Å²) in [7, 11) is 1.64. The number of methoxy groups -OCH3 is 1. The summed E-state index contributed by atoms with van der Waals surface area (Å²) in [5, 5.41) is 11.5. The van der Waals surface area contributed by atoms with Crippen LogP contribution in [0.1, 0.15) is 77.3 Å². The van der Waals surface area contributed by atoms with Crippen LogP contribution in [-0.2, 0) is 15.9 Å². The van der Waals surface area contributed by atoms with E-state index in [0.29, 0.717) is 19.6 Å². The number of hydrogen-bond acceptors (Lipinski definition) is 6. The van der Waals surface area contributed by atoms with Gasteiger partial charge in [-0.25, -0.2) is 0 Å². The van der Waals surface area contributed by atoms with Crippen molar-refractivity contribution in [2.45, 2.75) is 83.8 Å². The van der Waals surface area contributed by atoms with Crippen molar-refractivity contribution in [3.05, 3.63) is 63.7 Å². The molecule has 0 aliphatic heterocycles. The lowest BCUT2D eigenvalue weighted by atomic mass is 9.79. The standard InChI is InChI=1S/C29H43NO5S/c1-6-10-18-29(19-11-7-2,28(34-8-3)35-9-4)22-36-27-17-14-25(30(31)32)21-24(27)20-23-12-15-26(33-5)16-13-23/h12-17,21,28H,6-11,18-20,22H2,1-5H3. The van der Waals surface area contributed by atoms with Crippen molar-refractivity contribution in [2.75, 3.05) is 26.1 Å². The molecule has 0 spiro atoms. The van der Waals surface area contributed by atoms with Gasteiger partial charge in [-0.3, -0.25) is 10.1 Å². The Morgan fingerprint density at radius 1 is 0.944 bits per heavy atom. The van der Waals surface area contributed by atoms with Crippen LogP contribution in [0.5, 0.6) is 5.75 Å². The van der Waals surface area contributed by atoms with Gasteiger partial charge in [0.25, 0.3) is 5.69 Å². The highest BCUT2D eigenvalue weighted by atomic mass is 32.2. The largest absolute Gasteiger partial charge is 0.497 e. The monoisotopic (exact) mass is 517 g/mol. The third-order valence-corrected chi connectivity index (χ3v) is 7.94. The summed E-state index contributed by atoms with van der Waals surface area (Å²) in [6.45, 7) is 9.69. The highest BCUT2D eigenvalue weighted by molar-refractivity contribution is 7.99. The second kappa shape index (κ2) is 15.9. The van der Waals surface area contributed by atoms with Crippen molar-refractivity contribution < 1.29 is 19.1 Å². The Morgan fingerprint density at radius 3 is 2.06 bits per heavy atom. The van der Waals surface area contributed by atoms with Crippen molar-refractivity contribution >= 4 is 17.4 Å². The number of nitro benzene ring substituents is 1. The van der Waals surface area contributed by atoms with Gasteiger partial charge in [-0.1, -0.05) is 51.7 Å². The summed E-state index contributed by atoms with van der Waals surface area (Å²) in [4.78, 5) is 12.3. The lowest BCUT2D eigenvalue weighted by Crippen LogP contribution is -2.42. The summed E-state index contributed by atoms with van der Waals surface area (Å²) in [6, 6.07) is 13.1.